The molecular weight excluding hydrogens is 450 g/mol. The highest BCUT2D eigenvalue weighted by Gasteiger charge is 2.21. The lowest BCUT2D eigenvalue weighted by Gasteiger charge is -2.12. The zero-order valence-corrected chi connectivity index (χ0v) is 21.1. The Labute approximate surface area is 201 Å². The summed E-state index contributed by atoms with van der Waals surface area (Å²) in [5.74, 6) is 0.384. The highest BCUT2D eigenvalue weighted by atomic mass is 32.2. The van der Waals surface area contributed by atoms with Crippen molar-refractivity contribution in [2.45, 2.75) is 52.0 Å². The first-order chi connectivity index (χ1) is 16.0. The number of benzene rings is 1. The molecule has 2 aromatic rings. The third-order valence-corrected chi connectivity index (χ3v) is 7.08. The number of nitrogens with one attached hydrogen (secondary N) is 1. The fraction of sp³-hybridized carbons (Fsp3) is 0.400. The van der Waals surface area contributed by atoms with Gasteiger partial charge in [0.1, 0.15) is 17.5 Å². The summed E-state index contributed by atoms with van der Waals surface area (Å²) in [4.78, 5) is 14.6. The van der Waals surface area contributed by atoms with Gasteiger partial charge < -0.3 is 14.8 Å². The van der Waals surface area contributed by atoms with E-state index in [1.807, 2.05) is 37.9 Å². The number of likely N-dealkylation sites (tertiary alicyclic amines) is 1. The Hall–Kier alpha value is -3.38. The monoisotopic (exact) mass is 481 g/mol. The highest BCUT2D eigenvalue weighted by molar-refractivity contribution is 7.90. The van der Waals surface area contributed by atoms with Crippen LogP contribution in [0.3, 0.4) is 0 Å². The summed E-state index contributed by atoms with van der Waals surface area (Å²) in [6, 6.07) is 9.83. The summed E-state index contributed by atoms with van der Waals surface area (Å²) in [6.07, 6.45) is 3.04. The number of nitrogens with zero attached hydrogens (tertiary/aromatic N) is 4. The Morgan fingerprint density at radius 1 is 1.29 bits per heavy atom. The quantitative estimate of drug-likeness (QED) is 0.473. The third kappa shape index (κ3) is 5.75. The first kappa shape index (κ1) is 25.2. The average Bonchev–Trinajstić information content (AvgIpc) is 3.28. The van der Waals surface area contributed by atoms with Gasteiger partial charge in [0, 0.05) is 43.6 Å². The fourth-order valence-corrected chi connectivity index (χ4v) is 5.10. The van der Waals surface area contributed by atoms with Crippen LogP contribution < -0.4 is 5.32 Å². The van der Waals surface area contributed by atoms with Crippen LogP contribution in [0.4, 0.5) is 5.69 Å². The van der Waals surface area contributed by atoms with Crippen LogP contribution in [0.1, 0.15) is 43.6 Å². The molecule has 180 valence electrons. The molecule has 0 saturated carbocycles. The van der Waals surface area contributed by atoms with E-state index in [1.165, 1.54) is 18.2 Å². The second-order valence-corrected chi connectivity index (χ2v) is 10.6. The minimum Gasteiger partial charge on any atom is -0.362 e. The van der Waals surface area contributed by atoms with Crippen LogP contribution in [0.5, 0.6) is 0 Å². The van der Waals surface area contributed by atoms with E-state index in [-0.39, 0.29) is 16.2 Å². The van der Waals surface area contributed by atoms with Gasteiger partial charge in [-0.25, -0.2) is 0 Å². The van der Waals surface area contributed by atoms with Crippen molar-refractivity contribution in [1.29, 1.82) is 5.26 Å². The summed E-state index contributed by atoms with van der Waals surface area (Å²) in [7, 11) is -2.10. The molecule has 0 bridgehead atoms. The molecule has 1 aliphatic rings. The SMILES string of the molecule is Cc1cc(/C=C(/C#N)C(=O)Nc2cccc(S(=O)(=O)/N=C3/CCCN3C)c2)c(C)n1CC(C)C. The molecule has 8 nitrogen and oxygen atoms in total. The Morgan fingerprint density at radius 3 is 2.65 bits per heavy atom. The number of hydrogen-bond acceptors (Lipinski definition) is 4. The molecule has 1 aromatic carbocycles. The van der Waals surface area contributed by atoms with Gasteiger partial charge in [0.05, 0.1) is 4.90 Å². The minimum absolute atomic E-state index is 0.0159. The van der Waals surface area contributed by atoms with Gasteiger partial charge in [-0.3, -0.25) is 4.79 Å². The maximum atomic E-state index is 12.8. The molecular formula is C25H31N5O3S. The number of rotatable bonds is 7. The first-order valence-electron chi connectivity index (χ1n) is 11.3. The van der Waals surface area contributed by atoms with E-state index in [4.69, 9.17) is 0 Å². The van der Waals surface area contributed by atoms with Crippen LogP contribution in [0.2, 0.25) is 0 Å². The van der Waals surface area contributed by atoms with Crippen molar-refractivity contribution >= 4 is 33.5 Å². The van der Waals surface area contributed by atoms with Gasteiger partial charge in [-0.2, -0.15) is 13.7 Å². The van der Waals surface area contributed by atoms with E-state index >= 15 is 0 Å². The van der Waals surface area contributed by atoms with Gasteiger partial charge in [0.2, 0.25) is 0 Å². The molecule has 0 atom stereocenters. The lowest BCUT2D eigenvalue weighted by molar-refractivity contribution is -0.112. The van der Waals surface area contributed by atoms with E-state index in [1.54, 1.807) is 12.1 Å². The normalized spacial score (nSPS) is 15.7. The van der Waals surface area contributed by atoms with E-state index in [0.717, 1.165) is 36.5 Å². The van der Waals surface area contributed by atoms with Crippen LogP contribution in [-0.4, -0.2) is 43.2 Å². The Balaban J connectivity index is 1.83. The molecule has 1 fully saturated rings. The van der Waals surface area contributed by atoms with Crippen LogP contribution in [0.25, 0.3) is 6.08 Å². The fourth-order valence-electron chi connectivity index (χ4n) is 3.96. The summed E-state index contributed by atoms with van der Waals surface area (Å²) in [6.45, 7) is 9.85. The molecule has 9 heteroatoms. The van der Waals surface area contributed by atoms with E-state index in [9.17, 15) is 18.5 Å². The number of anilines is 1. The van der Waals surface area contributed by atoms with Crippen molar-refractivity contribution in [2.75, 3.05) is 18.9 Å². The molecule has 1 N–H and O–H groups in total. The van der Waals surface area contributed by atoms with Crippen LogP contribution in [-0.2, 0) is 21.4 Å². The molecule has 1 aliphatic heterocycles. The topological polar surface area (TPSA) is 108 Å². The van der Waals surface area contributed by atoms with Crippen molar-refractivity contribution in [3.05, 3.63) is 52.9 Å². The molecule has 2 heterocycles. The van der Waals surface area contributed by atoms with Gasteiger partial charge in [-0.15, -0.1) is 4.40 Å². The molecule has 34 heavy (non-hydrogen) atoms. The molecule has 1 aromatic heterocycles. The number of carbonyl (C=O) groups is 1. The maximum absolute atomic E-state index is 12.8. The van der Waals surface area contributed by atoms with E-state index in [2.05, 4.69) is 28.1 Å². The smallest absolute Gasteiger partial charge is 0.284 e. The predicted molar refractivity (Wildman–Crippen MR) is 134 cm³/mol. The summed E-state index contributed by atoms with van der Waals surface area (Å²) < 4.78 is 31.6. The lowest BCUT2D eigenvalue weighted by atomic mass is 10.1. The number of amidine groups is 1. The van der Waals surface area contributed by atoms with Gasteiger partial charge in [-0.1, -0.05) is 19.9 Å². The predicted octanol–water partition coefficient (Wildman–Crippen LogP) is 4.12. The third-order valence-electron chi connectivity index (χ3n) is 5.78. The zero-order valence-electron chi connectivity index (χ0n) is 20.3. The Bertz CT molecular complexity index is 1300. The van der Waals surface area contributed by atoms with Crippen molar-refractivity contribution in [3.8, 4) is 6.07 Å². The molecule has 0 aliphatic carbocycles. The zero-order chi connectivity index (χ0) is 25.0. The lowest BCUT2D eigenvalue weighted by Crippen LogP contribution is -2.20. The van der Waals surface area contributed by atoms with E-state index in [0.29, 0.717) is 18.2 Å². The minimum atomic E-state index is -3.91. The summed E-state index contributed by atoms with van der Waals surface area (Å²) >= 11 is 0. The number of sulfonamides is 1. The van der Waals surface area contributed by atoms with Crippen molar-refractivity contribution in [1.82, 2.24) is 9.47 Å². The van der Waals surface area contributed by atoms with E-state index < -0.39 is 15.9 Å². The first-order valence-corrected chi connectivity index (χ1v) is 12.7. The number of hydrogen-bond donors (Lipinski definition) is 1. The summed E-state index contributed by atoms with van der Waals surface area (Å²) in [5.41, 5.74) is 3.06. The van der Waals surface area contributed by atoms with Crippen molar-refractivity contribution in [3.63, 3.8) is 0 Å². The van der Waals surface area contributed by atoms with Gasteiger partial charge in [-0.05, 0) is 62.1 Å². The van der Waals surface area contributed by atoms with Gasteiger partial charge in [0.15, 0.2) is 0 Å². The number of nitriles is 1. The Morgan fingerprint density at radius 2 is 2.03 bits per heavy atom. The molecule has 1 amide bonds. The second-order valence-electron chi connectivity index (χ2n) is 8.99. The van der Waals surface area contributed by atoms with Gasteiger partial charge >= 0.3 is 0 Å². The summed E-state index contributed by atoms with van der Waals surface area (Å²) in [5, 5.41) is 12.3. The molecule has 0 spiro atoms. The van der Waals surface area contributed by atoms with Crippen LogP contribution in [0, 0.1) is 31.1 Å². The number of aromatic nitrogens is 1. The van der Waals surface area contributed by atoms with Crippen LogP contribution >= 0.6 is 0 Å². The molecule has 0 radical (unpaired) electrons. The van der Waals surface area contributed by atoms with Crippen molar-refractivity contribution < 1.29 is 13.2 Å². The van der Waals surface area contributed by atoms with Gasteiger partial charge in [0.25, 0.3) is 15.9 Å². The molecule has 3 rings (SSSR count). The Kier molecular flexibility index (Phi) is 7.62. The second kappa shape index (κ2) is 10.3. The highest BCUT2D eigenvalue weighted by Crippen LogP contribution is 2.22. The van der Waals surface area contributed by atoms with Crippen molar-refractivity contribution in [2.24, 2.45) is 10.3 Å². The maximum Gasteiger partial charge on any atom is 0.284 e. The molecule has 1 saturated heterocycles. The number of amides is 1. The average molecular weight is 482 g/mol. The number of carbonyl (C=O) groups excluding carboxylic acids is 1. The standard InChI is InChI=1S/C25H31N5O3S/c1-17(2)16-30-18(3)12-20(19(30)4)13-21(15-26)25(31)27-22-8-6-9-23(14-22)34(32,33)28-24-10-7-11-29(24)5/h6,8-9,12-14,17H,7,10-11,16H2,1-5H3,(H,27,31)/b21-13-,28-24-. The number of aryl methyl sites for hydroxylation is 1. The largest absolute Gasteiger partial charge is 0.362 e. The molecule has 0 unspecified atom stereocenters. The van der Waals surface area contributed by atoms with Crippen LogP contribution in [0.15, 0.2) is 45.2 Å².